The fraction of sp³-hybridized carbons (Fsp3) is 0.583. The van der Waals surface area contributed by atoms with E-state index in [9.17, 15) is 4.79 Å². The molecular formula is C12H17NO2S. The number of rotatable bonds is 4. The molecule has 1 aromatic rings. The molecule has 2 heterocycles. The van der Waals surface area contributed by atoms with Crippen LogP contribution >= 0.6 is 11.3 Å². The number of nitrogens with one attached hydrogen (secondary N) is 1. The summed E-state index contributed by atoms with van der Waals surface area (Å²) in [6, 6.07) is 3.96. The molecule has 1 aliphatic rings. The molecule has 1 N–H and O–H groups in total. The first-order valence-corrected chi connectivity index (χ1v) is 6.61. The quantitative estimate of drug-likeness (QED) is 0.818. The van der Waals surface area contributed by atoms with Gasteiger partial charge in [-0.25, -0.2) is 0 Å². The Morgan fingerprint density at radius 1 is 1.50 bits per heavy atom. The summed E-state index contributed by atoms with van der Waals surface area (Å²) >= 11 is 1.62. The van der Waals surface area contributed by atoms with Crippen LogP contribution in [-0.4, -0.2) is 19.1 Å². The van der Waals surface area contributed by atoms with Crippen LogP contribution in [0.25, 0.3) is 0 Å². The topological polar surface area (TPSA) is 38.3 Å². The second kappa shape index (κ2) is 6.01. The first kappa shape index (κ1) is 11.6. The zero-order valence-electron chi connectivity index (χ0n) is 9.28. The maximum absolute atomic E-state index is 11.6. The molecule has 88 valence electrons. The first-order valence-electron chi connectivity index (χ1n) is 5.73. The lowest BCUT2D eigenvalue weighted by molar-refractivity contribution is -0.146. The van der Waals surface area contributed by atoms with E-state index in [0.717, 1.165) is 30.8 Å². The number of carbonyl (C=O) groups excluding carboxylic acids is 1. The average molecular weight is 239 g/mol. The van der Waals surface area contributed by atoms with Gasteiger partial charge in [-0.15, -0.1) is 11.3 Å². The summed E-state index contributed by atoms with van der Waals surface area (Å²) < 4.78 is 5.24. The van der Waals surface area contributed by atoms with Crippen LogP contribution in [0.2, 0.25) is 0 Å². The Hall–Kier alpha value is -0.870. The monoisotopic (exact) mass is 239 g/mol. The standard InChI is InChI=1S/C12H17NO2S/c14-12(8-10-3-5-13-6-4-10)15-9-11-2-1-7-16-11/h1-2,7,10,13H,3-6,8-9H2. The van der Waals surface area contributed by atoms with Gasteiger partial charge in [0.05, 0.1) is 0 Å². The zero-order valence-corrected chi connectivity index (χ0v) is 10.1. The molecule has 0 amide bonds. The van der Waals surface area contributed by atoms with E-state index in [2.05, 4.69) is 5.32 Å². The molecule has 1 fully saturated rings. The molecule has 16 heavy (non-hydrogen) atoms. The smallest absolute Gasteiger partial charge is 0.306 e. The normalized spacial score (nSPS) is 17.2. The van der Waals surface area contributed by atoms with E-state index in [0.29, 0.717) is 18.9 Å². The van der Waals surface area contributed by atoms with Crippen LogP contribution in [0.15, 0.2) is 17.5 Å². The Morgan fingerprint density at radius 2 is 2.31 bits per heavy atom. The highest BCUT2D eigenvalue weighted by molar-refractivity contribution is 7.09. The lowest BCUT2D eigenvalue weighted by Gasteiger charge is -2.21. The maximum Gasteiger partial charge on any atom is 0.306 e. The van der Waals surface area contributed by atoms with Crippen LogP contribution in [0, 0.1) is 5.92 Å². The number of piperidine rings is 1. The van der Waals surface area contributed by atoms with Crippen molar-refractivity contribution < 1.29 is 9.53 Å². The van der Waals surface area contributed by atoms with Crippen LogP contribution in [0.3, 0.4) is 0 Å². The van der Waals surface area contributed by atoms with Crippen molar-refractivity contribution in [2.75, 3.05) is 13.1 Å². The van der Waals surface area contributed by atoms with E-state index in [-0.39, 0.29) is 5.97 Å². The van der Waals surface area contributed by atoms with Gasteiger partial charge in [0.1, 0.15) is 6.61 Å². The molecule has 0 aliphatic carbocycles. The van der Waals surface area contributed by atoms with Crippen molar-refractivity contribution >= 4 is 17.3 Å². The lowest BCUT2D eigenvalue weighted by Crippen LogP contribution is -2.29. The van der Waals surface area contributed by atoms with Gasteiger partial charge in [-0.05, 0) is 43.3 Å². The second-order valence-electron chi connectivity index (χ2n) is 4.14. The molecule has 2 rings (SSSR count). The molecular weight excluding hydrogens is 222 g/mol. The highest BCUT2D eigenvalue weighted by Crippen LogP contribution is 2.17. The summed E-state index contributed by atoms with van der Waals surface area (Å²) in [5.74, 6) is 0.456. The van der Waals surface area contributed by atoms with Crippen molar-refractivity contribution in [2.24, 2.45) is 5.92 Å². The molecule has 0 aromatic carbocycles. The number of thiophene rings is 1. The maximum atomic E-state index is 11.6. The summed E-state index contributed by atoms with van der Waals surface area (Å²) in [4.78, 5) is 12.7. The minimum absolute atomic E-state index is 0.0553. The van der Waals surface area contributed by atoms with Crippen molar-refractivity contribution in [1.82, 2.24) is 5.32 Å². The van der Waals surface area contributed by atoms with E-state index in [1.54, 1.807) is 11.3 Å². The zero-order chi connectivity index (χ0) is 11.2. The molecule has 1 aliphatic heterocycles. The largest absolute Gasteiger partial charge is 0.460 e. The van der Waals surface area contributed by atoms with Gasteiger partial charge < -0.3 is 10.1 Å². The van der Waals surface area contributed by atoms with Gasteiger partial charge in [0, 0.05) is 11.3 Å². The van der Waals surface area contributed by atoms with Crippen molar-refractivity contribution in [3.8, 4) is 0 Å². The minimum atomic E-state index is -0.0553. The molecule has 0 unspecified atom stereocenters. The van der Waals surface area contributed by atoms with Gasteiger partial charge in [-0.1, -0.05) is 6.07 Å². The summed E-state index contributed by atoms with van der Waals surface area (Å²) in [6.07, 6.45) is 2.76. The third kappa shape index (κ3) is 3.61. The summed E-state index contributed by atoms with van der Waals surface area (Å²) in [6.45, 7) is 2.49. The van der Waals surface area contributed by atoms with E-state index in [4.69, 9.17) is 4.74 Å². The van der Waals surface area contributed by atoms with Gasteiger partial charge in [0.15, 0.2) is 0 Å². The Bertz CT molecular complexity index is 318. The molecule has 1 aromatic heterocycles. The van der Waals surface area contributed by atoms with Crippen LogP contribution in [0.1, 0.15) is 24.1 Å². The predicted octanol–water partition coefficient (Wildman–Crippen LogP) is 2.18. The fourth-order valence-corrected chi connectivity index (χ4v) is 2.54. The average Bonchev–Trinajstić information content (AvgIpc) is 2.81. The van der Waals surface area contributed by atoms with Gasteiger partial charge >= 0.3 is 5.97 Å². The van der Waals surface area contributed by atoms with Crippen molar-refractivity contribution in [3.05, 3.63) is 22.4 Å². The first-order chi connectivity index (χ1) is 7.84. The summed E-state index contributed by atoms with van der Waals surface area (Å²) in [5.41, 5.74) is 0. The number of ether oxygens (including phenoxy) is 1. The van der Waals surface area contributed by atoms with E-state index >= 15 is 0 Å². The number of carbonyl (C=O) groups is 1. The molecule has 0 saturated carbocycles. The molecule has 0 spiro atoms. The highest BCUT2D eigenvalue weighted by atomic mass is 32.1. The molecule has 0 radical (unpaired) electrons. The minimum Gasteiger partial charge on any atom is -0.460 e. The van der Waals surface area contributed by atoms with E-state index < -0.39 is 0 Å². The molecule has 0 bridgehead atoms. The fourth-order valence-electron chi connectivity index (χ4n) is 1.93. The Labute approximate surface area is 99.8 Å². The number of hydrogen-bond donors (Lipinski definition) is 1. The number of hydrogen-bond acceptors (Lipinski definition) is 4. The summed E-state index contributed by atoms with van der Waals surface area (Å²) in [5, 5.41) is 5.29. The third-order valence-corrected chi connectivity index (χ3v) is 3.72. The van der Waals surface area contributed by atoms with Crippen LogP contribution in [0.4, 0.5) is 0 Å². The third-order valence-electron chi connectivity index (χ3n) is 2.87. The van der Waals surface area contributed by atoms with Gasteiger partial charge in [0.2, 0.25) is 0 Å². The van der Waals surface area contributed by atoms with E-state index in [1.807, 2.05) is 17.5 Å². The summed E-state index contributed by atoms with van der Waals surface area (Å²) in [7, 11) is 0. The van der Waals surface area contributed by atoms with E-state index in [1.165, 1.54) is 0 Å². The molecule has 3 nitrogen and oxygen atoms in total. The van der Waals surface area contributed by atoms with Gasteiger partial charge in [0.25, 0.3) is 0 Å². The Kier molecular flexibility index (Phi) is 4.36. The Morgan fingerprint density at radius 3 is 3.00 bits per heavy atom. The van der Waals surface area contributed by atoms with Gasteiger partial charge in [-0.2, -0.15) is 0 Å². The Balaban J connectivity index is 1.67. The molecule has 0 atom stereocenters. The number of esters is 1. The van der Waals surface area contributed by atoms with Crippen LogP contribution < -0.4 is 5.32 Å². The van der Waals surface area contributed by atoms with Crippen molar-refractivity contribution in [3.63, 3.8) is 0 Å². The molecule has 1 saturated heterocycles. The predicted molar refractivity (Wildman–Crippen MR) is 64.3 cm³/mol. The SMILES string of the molecule is O=C(CC1CCNCC1)OCc1cccs1. The van der Waals surface area contributed by atoms with Crippen LogP contribution in [-0.2, 0) is 16.1 Å². The van der Waals surface area contributed by atoms with Crippen molar-refractivity contribution in [1.29, 1.82) is 0 Å². The lowest BCUT2D eigenvalue weighted by atomic mass is 9.95. The van der Waals surface area contributed by atoms with Crippen molar-refractivity contribution in [2.45, 2.75) is 25.9 Å². The highest BCUT2D eigenvalue weighted by Gasteiger charge is 2.17. The van der Waals surface area contributed by atoms with Gasteiger partial charge in [-0.3, -0.25) is 4.79 Å². The second-order valence-corrected chi connectivity index (χ2v) is 5.17. The molecule has 4 heteroatoms. The van der Waals surface area contributed by atoms with Crippen LogP contribution in [0.5, 0.6) is 0 Å².